The first kappa shape index (κ1) is 20.7. The number of guanidine groups is 1. The molecule has 6 nitrogen and oxygen atoms in total. The number of methoxy groups -OCH3 is 1. The van der Waals surface area contributed by atoms with Crippen molar-refractivity contribution in [1.29, 1.82) is 0 Å². The lowest BCUT2D eigenvalue weighted by Crippen LogP contribution is -2.44. The Labute approximate surface area is 158 Å². The van der Waals surface area contributed by atoms with E-state index in [4.69, 9.17) is 9.47 Å². The van der Waals surface area contributed by atoms with Crippen molar-refractivity contribution in [3.8, 4) is 0 Å². The van der Waals surface area contributed by atoms with E-state index in [2.05, 4.69) is 58.6 Å². The van der Waals surface area contributed by atoms with Gasteiger partial charge >= 0.3 is 0 Å². The minimum atomic E-state index is 0.311. The molecular weight excluding hydrogens is 328 g/mol. The molecule has 2 unspecified atom stereocenters. The topological polar surface area (TPSA) is 58.1 Å². The van der Waals surface area contributed by atoms with Gasteiger partial charge in [-0.1, -0.05) is 24.3 Å². The van der Waals surface area contributed by atoms with Gasteiger partial charge in [0.2, 0.25) is 0 Å². The van der Waals surface area contributed by atoms with Gasteiger partial charge < -0.3 is 20.1 Å². The third kappa shape index (κ3) is 7.32. The average Bonchev–Trinajstić information content (AvgIpc) is 2.61. The Morgan fingerprint density at radius 1 is 1.15 bits per heavy atom. The number of hydrogen-bond acceptors (Lipinski definition) is 4. The quantitative estimate of drug-likeness (QED) is 0.421. The molecule has 1 saturated heterocycles. The summed E-state index contributed by atoms with van der Waals surface area (Å²) < 4.78 is 10.9. The first-order chi connectivity index (χ1) is 12.6. The van der Waals surface area contributed by atoms with Crippen LogP contribution in [0.4, 0.5) is 0 Å². The number of aliphatic imine (C=N–C) groups is 1. The summed E-state index contributed by atoms with van der Waals surface area (Å²) in [5.41, 5.74) is 2.59. The van der Waals surface area contributed by atoms with Crippen LogP contribution >= 0.6 is 0 Å². The molecule has 0 saturated carbocycles. The van der Waals surface area contributed by atoms with E-state index in [1.807, 2.05) is 0 Å². The molecule has 26 heavy (non-hydrogen) atoms. The lowest BCUT2D eigenvalue weighted by molar-refractivity contribution is -0.0704. The molecule has 1 fully saturated rings. The van der Waals surface area contributed by atoms with E-state index >= 15 is 0 Å². The summed E-state index contributed by atoms with van der Waals surface area (Å²) in [7, 11) is 3.51. The Kier molecular flexibility index (Phi) is 8.88. The fourth-order valence-electron chi connectivity index (χ4n) is 3.26. The van der Waals surface area contributed by atoms with Crippen molar-refractivity contribution in [2.45, 2.75) is 45.6 Å². The Hall–Kier alpha value is -1.63. The van der Waals surface area contributed by atoms with E-state index < -0.39 is 0 Å². The van der Waals surface area contributed by atoms with Gasteiger partial charge in [0.15, 0.2) is 5.96 Å². The van der Waals surface area contributed by atoms with Crippen molar-refractivity contribution in [3.63, 3.8) is 0 Å². The monoisotopic (exact) mass is 362 g/mol. The molecule has 1 aromatic rings. The van der Waals surface area contributed by atoms with Crippen LogP contribution in [0.3, 0.4) is 0 Å². The molecule has 0 amide bonds. The van der Waals surface area contributed by atoms with Crippen molar-refractivity contribution < 1.29 is 9.47 Å². The van der Waals surface area contributed by atoms with Crippen LogP contribution in [0.2, 0.25) is 0 Å². The number of nitrogens with one attached hydrogen (secondary N) is 2. The van der Waals surface area contributed by atoms with Crippen LogP contribution in [0.5, 0.6) is 0 Å². The number of rotatable bonds is 8. The normalized spacial score (nSPS) is 21.6. The van der Waals surface area contributed by atoms with Gasteiger partial charge in [0.05, 0.1) is 12.2 Å². The second-order valence-electron chi connectivity index (χ2n) is 6.97. The van der Waals surface area contributed by atoms with Crippen LogP contribution in [0, 0.1) is 0 Å². The zero-order valence-corrected chi connectivity index (χ0v) is 16.6. The van der Waals surface area contributed by atoms with Crippen LogP contribution in [0.15, 0.2) is 29.3 Å². The average molecular weight is 363 g/mol. The molecular formula is C20H34N4O2. The van der Waals surface area contributed by atoms with Crippen molar-refractivity contribution >= 4 is 5.96 Å². The summed E-state index contributed by atoms with van der Waals surface area (Å²) in [6, 6.07) is 8.81. The van der Waals surface area contributed by atoms with Gasteiger partial charge in [-0.15, -0.1) is 0 Å². The first-order valence-electron chi connectivity index (χ1n) is 9.49. The molecule has 1 heterocycles. The van der Waals surface area contributed by atoms with Gasteiger partial charge in [0.25, 0.3) is 0 Å². The second-order valence-corrected chi connectivity index (χ2v) is 6.97. The second kappa shape index (κ2) is 11.2. The highest BCUT2D eigenvalue weighted by atomic mass is 16.5. The summed E-state index contributed by atoms with van der Waals surface area (Å²) >= 11 is 0. The first-order valence-corrected chi connectivity index (χ1v) is 9.49. The summed E-state index contributed by atoms with van der Waals surface area (Å²) in [5, 5.41) is 6.63. The lowest BCUT2D eigenvalue weighted by atomic mass is 10.1. The highest BCUT2D eigenvalue weighted by Crippen LogP contribution is 2.14. The van der Waals surface area contributed by atoms with Crippen LogP contribution < -0.4 is 10.6 Å². The summed E-state index contributed by atoms with van der Waals surface area (Å²) in [4.78, 5) is 6.72. The Morgan fingerprint density at radius 2 is 1.81 bits per heavy atom. The summed E-state index contributed by atoms with van der Waals surface area (Å²) in [5.74, 6) is 0.821. The van der Waals surface area contributed by atoms with E-state index in [9.17, 15) is 0 Å². The van der Waals surface area contributed by atoms with E-state index in [0.29, 0.717) is 12.2 Å². The molecule has 6 heteroatoms. The molecule has 2 N–H and O–H groups in total. The van der Waals surface area contributed by atoms with Crippen LogP contribution in [-0.2, 0) is 22.6 Å². The molecule has 0 radical (unpaired) electrons. The highest BCUT2D eigenvalue weighted by molar-refractivity contribution is 5.79. The van der Waals surface area contributed by atoms with Crippen molar-refractivity contribution in [1.82, 2.24) is 15.5 Å². The maximum absolute atomic E-state index is 5.81. The maximum Gasteiger partial charge on any atom is 0.191 e. The molecule has 1 aliphatic rings. The van der Waals surface area contributed by atoms with Crippen molar-refractivity contribution in [2.24, 2.45) is 4.99 Å². The predicted octanol–water partition coefficient (Wildman–Crippen LogP) is 2.00. The van der Waals surface area contributed by atoms with Gasteiger partial charge in [0.1, 0.15) is 0 Å². The van der Waals surface area contributed by atoms with Crippen molar-refractivity contribution in [2.75, 3.05) is 40.4 Å². The predicted molar refractivity (Wildman–Crippen MR) is 106 cm³/mol. The van der Waals surface area contributed by atoms with Gasteiger partial charge in [-0.05, 0) is 31.4 Å². The zero-order valence-electron chi connectivity index (χ0n) is 16.6. The summed E-state index contributed by atoms with van der Waals surface area (Å²) in [6.07, 6.45) is 1.58. The standard InChI is InChI=1S/C20H34N4O2/c1-16-13-24(14-17(2)26-16)15-19-8-6-18(7-9-19)12-23-20(21-3)22-10-5-11-25-4/h6-9,16-17H,5,10-15H2,1-4H3,(H2,21,22,23). The van der Waals surface area contributed by atoms with Gasteiger partial charge in [-0.25, -0.2) is 0 Å². The fraction of sp³-hybridized carbons (Fsp3) is 0.650. The Bertz CT molecular complexity index is 537. The zero-order chi connectivity index (χ0) is 18.8. The number of benzene rings is 1. The molecule has 1 aromatic carbocycles. The van der Waals surface area contributed by atoms with E-state index in [0.717, 1.165) is 51.7 Å². The minimum Gasteiger partial charge on any atom is -0.385 e. The number of nitrogens with zero attached hydrogens (tertiary/aromatic N) is 2. The molecule has 0 aromatic heterocycles. The fourth-order valence-corrected chi connectivity index (χ4v) is 3.26. The SMILES string of the molecule is CN=C(NCCCOC)NCc1ccc(CN2CC(C)OC(C)C2)cc1. The van der Waals surface area contributed by atoms with E-state index in [-0.39, 0.29) is 0 Å². The van der Waals surface area contributed by atoms with Crippen molar-refractivity contribution in [3.05, 3.63) is 35.4 Å². The third-order valence-corrected chi connectivity index (χ3v) is 4.43. The van der Waals surface area contributed by atoms with Gasteiger partial charge in [0, 0.05) is 53.5 Å². The number of morpholine rings is 1. The molecule has 1 aliphatic heterocycles. The molecule has 2 rings (SSSR count). The summed E-state index contributed by atoms with van der Waals surface area (Å²) in [6.45, 7) is 9.64. The molecule has 0 aliphatic carbocycles. The Morgan fingerprint density at radius 3 is 2.42 bits per heavy atom. The van der Waals surface area contributed by atoms with Gasteiger partial charge in [-0.2, -0.15) is 0 Å². The largest absolute Gasteiger partial charge is 0.385 e. The van der Waals surface area contributed by atoms with Crippen LogP contribution in [0.25, 0.3) is 0 Å². The molecule has 0 bridgehead atoms. The van der Waals surface area contributed by atoms with Crippen LogP contribution in [-0.4, -0.2) is 63.5 Å². The molecule has 2 atom stereocenters. The highest BCUT2D eigenvalue weighted by Gasteiger charge is 2.21. The number of ether oxygens (including phenoxy) is 2. The molecule has 146 valence electrons. The molecule has 0 spiro atoms. The van der Waals surface area contributed by atoms with E-state index in [1.165, 1.54) is 11.1 Å². The van der Waals surface area contributed by atoms with E-state index in [1.54, 1.807) is 14.2 Å². The third-order valence-electron chi connectivity index (χ3n) is 4.43. The van der Waals surface area contributed by atoms with Crippen LogP contribution in [0.1, 0.15) is 31.4 Å². The number of hydrogen-bond donors (Lipinski definition) is 2. The lowest BCUT2D eigenvalue weighted by Gasteiger charge is -2.35. The maximum atomic E-state index is 5.81. The minimum absolute atomic E-state index is 0.311. The van der Waals surface area contributed by atoms with Gasteiger partial charge in [-0.3, -0.25) is 9.89 Å². The Balaban J connectivity index is 1.76. The smallest absolute Gasteiger partial charge is 0.191 e.